The van der Waals surface area contributed by atoms with Crippen LogP contribution < -0.4 is 5.73 Å². The molecule has 4 nitrogen and oxygen atoms in total. The van der Waals surface area contributed by atoms with Gasteiger partial charge < -0.3 is 15.9 Å². The van der Waals surface area contributed by atoms with Gasteiger partial charge in [-0.3, -0.25) is 0 Å². The molecule has 1 aliphatic rings. The summed E-state index contributed by atoms with van der Waals surface area (Å²) < 4.78 is 44.2. The molecule has 1 aliphatic carbocycles. The SMILES string of the molecule is [2H]C([2H])(N)[C@@](O)(c1cc(C(C)(C)O)c(F)c(-c2ccc(F)cc2)n1)C1CC1. The lowest BCUT2D eigenvalue weighted by atomic mass is 9.88. The Balaban J connectivity index is 2.29. The van der Waals surface area contributed by atoms with E-state index < -0.39 is 35.3 Å². The molecular formula is C19H22F2N2O2. The molecule has 0 bridgehead atoms. The van der Waals surface area contributed by atoms with E-state index in [0.717, 1.165) is 18.2 Å². The van der Waals surface area contributed by atoms with E-state index in [1.54, 1.807) is 0 Å². The topological polar surface area (TPSA) is 79.4 Å². The number of benzene rings is 1. The van der Waals surface area contributed by atoms with Crippen LogP contribution in [-0.2, 0) is 11.2 Å². The van der Waals surface area contributed by atoms with Crippen LogP contribution in [0.5, 0.6) is 0 Å². The van der Waals surface area contributed by atoms with Crippen LogP contribution in [0, 0.1) is 17.6 Å². The van der Waals surface area contributed by atoms with Crippen molar-refractivity contribution in [2.45, 2.75) is 37.9 Å². The maximum absolute atomic E-state index is 15.1. The first-order valence-corrected chi connectivity index (χ1v) is 8.06. The third-order valence-electron chi connectivity index (χ3n) is 4.51. The first-order chi connectivity index (χ1) is 12.4. The minimum absolute atomic E-state index is 0.157. The van der Waals surface area contributed by atoms with Crippen LogP contribution in [0.4, 0.5) is 8.78 Å². The molecule has 0 unspecified atom stereocenters. The second-order valence-corrected chi connectivity index (χ2v) is 6.97. The van der Waals surface area contributed by atoms with Crippen LogP contribution in [0.1, 0.15) is 40.7 Å². The Labute approximate surface area is 148 Å². The molecule has 0 saturated heterocycles. The monoisotopic (exact) mass is 350 g/mol. The van der Waals surface area contributed by atoms with Crippen LogP contribution in [0.3, 0.4) is 0 Å². The molecule has 1 aromatic heterocycles. The minimum Gasteiger partial charge on any atom is -0.386 e. The Morgan fingerprint density at radius 3 is 2.32 bits per heavy atom. The highest BCUT2D eigenvalue weighted by Gasteiger charge is 2.46. The Morgan fingerprint density at radius 2 is 1.84 bits per heavy atom. The lowest BCUT2D eigenvalue weighted by molar-refractivity contribution is 0.0169. The standard InChI is InChI=1S/C19H22F2N2O2/c1-18(2,24)14-9-15(19(25,10-22)12-5-6-12)23-17(16(14)21)11-3-7-13(20)8-4-11/h3-4,7-9,12,24-25H,5-6,10,22H2,1-2H3/t19-/m0/s1/i10D2. The average Bonchev–Trinajstić information content (AvgIpc) is 3.38. The fourth-order valence-corrected chi connectivity index (χ4v) is 2.87. The Hall–Kier alpha value is -1.89. The predicted octanol–water partition coefficient (Wildman–Crippen LogP) is 2.81. The van der Waals surface area contributed by atoms with Gasteiger partial charge in [0.15, 0.2) is 5.82 Å². The molecule has 0 spiro atoms. The molecule has 0 amide bonds. The summed E-state index contributed by atoms with van der Waals surface area (Å²) in [6.45, 7) is 0.212. The van der Waals surface area contributed by atoms with Crippen LogP contribution in [0.15, 0.2) is 30.3 Å². The van der Waals surface area contributed by atoms with Gasteiger partial charge in [-0.1, -0.05) is 0 Å². The van der Waals surface area contributed by atoms with Crippen LogP contribution in [-0.4, -0.2) is 21.7 Å². The van der Waals surface area contributed by atoms with Gasteiger partial charge in [-0.2, -0.15) is 0 Å². The molecule has 134 valence electrons. The zero-order chi connectivity index (χ0) is 20.2. The van der Waals surface area contributed by atoms with Crippen LogP contribution in [0.25, 0.3) is 11.3 Å². The van der Waals surface area contributed by atoms with E-state index in [0.29, 0.717) is 12.8 Å². The largest absolute Gasteiger partial charge is 0.386 e. The second kappa shape index (κ2) is 6.12. The van der Waals surface area contributed by atoms with Crippen LogP contribution in [0.2, 0.25) is 0 Å². The third-order valence-corrected chi connectivity index (χ3v) is 4.51. The average molecular weight is 350 g/mol. The maximum atomic E-state index is 15.1. The molecule has 1 aromatic carbocycles. The maximum Gasteiger partial charge on any atom is 0.155 e. The van der Waals surface area contributed by atoms with E-state index in [-0.39, 0.29) is 22.5 Å². The summed E-state index contributed by atoms with van der Waals surface area (Å²) in [5.41, 5.74) is 1.57. The molecule has 1 heterocycles. The van der Waals surface area contributed by atoms with Crippen molar-refractivity contribution in [2.75, 3.05) is 6.50 Å². The van der Waals surface area contributed by atoms with E-state index in [4.69, 9.17) is 8.48 Å². The van der Waals surface area contributed by atoms with Gasteiger partial charge in [-0.25, -0.2) is 13.8 Å². The van der Waals surface area contributed by atoms with Gasteiger partial charge in [-0.05, 0) is 62.9 Å². The van der Waals surface area contributed by atoms with E-state index in [1.165, 1.54) is 26.0 Å². The molecule has 6 heteroatoms. The summed E-state index contributed by atoms with van der Waals surface area (Å²) in [6, 6.07) is 6.09. The van der Waals surface area contributed by atoms with E-state index >= 15 is 4.39 Å². The third kappa shape index (κ3) is 3.29. The van der Waals surface area contributed by atoms with Crippen molar-refractivity contribution >= 4 is 0 Å². The number of nitrogens with two attached hydrogens (primary N) is 1. The van der Waals surface area contributed by atoms with E-state index in [2.05, 4.69) is 4.98 Å². The molecule has 1 atom stereocenters. The quantitative estimate of drug-likeness (QED) is 0.775. The number of halogens is 2. The number of nitrogens with zero attached hydrogens (tertiary/aromatic N) is 1. The normalized spacial score (nSPS) is 19.2. The van der Waals surface area contributed by atoms with Crippen molar-refractivity contribution in [3.63, 3.8) is 0 Å². The molecular weight excluding hydrogens is 326 g/mol. The Bertz CT molecular complexity index is 860. The summed E-state index contributed by atoms with van der Waals surface area (Å²) in [7, 11) is 0. The fourth-order valence-electron chi connectivity index (χ4n) is 2.87. The fraction of sp³-hybridized carbons (Fsp3) is 0.421. The number of rotatable bonds is 5. The van der Waals surface area contributed by atoms with Gasteiger partial charge in [0.25, 0.3) is 0 Å². The predicted molar refractivity (Wildman–Crippen MR) is 90.5 cm³/mol. The number of pyridine rings is 1. The second-order valence-electron chi connectivity index (χ2n) is 6.97. The van der Waals surface area contributed by atoms with Gasteiger partial charge >= 0.3 is 0 Å². The lowest BCUT2D eigenvalue weighted by Gasteiger charge is -2.29. The molecule has 1 saturated carbocycles. The van der Waals surface area contributed by atoms with Crippen molar-refractivity contribution < 1.29 is 21.7 Å². The van der Waals surface area contributed by atoms with Gasteiger partial charge in [0, 0.05) is 20.4 Å². The molecule has 4 N–H and O–H groups in total. The van der Waals surface area contributed by atoms with E-state index in [9.17, 15) is 14.6 Å². The summed E-state index contributed by atoms with van der Waals surface area (Å²) in [6.07, 6.45) is 1.10. The molecule has 0 aliphatic heterocycles. The molecule has 0 radical (unpaired) electrons. The summed E-state index contributed by atoms with van der Waals surface area (Å²) >= 11 is 0. The highest BCUT2D eigenvalue weighted by molar-refractivity contribution is 5.62. The van der Waals surface area contributed by atoms with Gasteiger partial charge in [0.05, 0.1) is 11.3 Å². The number of aliphatic hydroxyl groups is 2. The number of hydrogen-bond acceptors (Lipinski definition) is 4. The zero-order valence-corrected chi connectivity index (χ0v) is 14.1. The van der Waals surface area contributed by atoms with Crippen molar-refractivity contribution in [3.05, 3.63) is 53.2 Å². The first kappa shape index (κ1) is 15.4. The summed E-state index contributed by atoms with van der Waals surface area (Å²) in [5, 5.41) is 21.5. The highest BCUT2D eigenvalue weighted by atomic mass is 19.1. The van der Waals surface area contributed by atoms with E-state index in [1.807, 2.05) is 0 Å². The molecule has 2 aromatic rings. The summed E-state index contributed by atoms with van der Waals surface area (Å²) in [4.78, 5) is 4.17. The first-order valence-electron chi connectivity index (χ1n) is 9.06. The van der Waals surface area contributed by atoms with Gasteiger partial charge in [-0.15, -0.1) is 0 Å². The smallest absolute Gasteiger partial charge is 0.155 e. The van der Waals surface area contributed by atoms with Crippen LogP contribution >= 0.6 is 0 Å². The van der Waals surface area contributed by atoms with Gasteiger partial charge in [0.2, 0.25) is 0 Å². The lowest BCUT2D eigenvalue weighted by Crippen LogP contribution is -2.38. The van der Waals surface area contributed by atoms with Crippen molar-refractivity contribution in [1.29, 1.82) is 0 Å². The Morgan fingerprint density at radius 1 is 1.24 bits per heavy atom. The molecule has 1 fully saturated rings. The molecule has 25 heavy (non-hydrogen) atoms. The van der Waals surface area contributed by atoms with Crippen molar-refractivity contribution in [3.8, 4) is 11.3 Å². The molecule has 3 rings (SSSR count). The number of aromatic nitrogens is 1. The van der Waals surface area contributed by atoms with Gasteiger partial charge in [0.1, 0.15) is 17.1 Å². The zero-order valence-electron chi connectivity index (χ0n) is 16.1. The van der Waals surface area contributed by atoms with Crippen molar-refractivity contribution in [1.82, 2.24) is 4.98 Å². The Kier molecular flexibility index (Phi) is 3.77. The van der Waals surface area contributed by atoms with Crippen molar-refractivity contribution in [2.24, 2.45) is 11.7 Å². The highest BCUT2D eigenvalue weighted by Crippen LogP contribution is 2.46. The summed E-state index contributed by atoms with van der Waals surface area (Å²) in [5.74, 6) is -1.80. The number of hydrogen-bond donors (Lipinski definition) is 3. The minimum atomic E-state index is -2.53.